The van der Waals surface area contributed by atoms with Gasteiger partial charge in [-0.1, -0.05) is 20.3 Å². The van der Waals surface area contributed by atoms with Gasteiger partial charge in [0.1, 0.15) is 0 Å². The zero-order valence-corrected chi connectivity index (χ0v) is 7.08. The molecule has 0 radical (unpaired) electrons. The molecule has 0 fully saturated rings. The molecule has 0 heterocycles. The van der Waals surface area contributed by atoms with Gasteiger partial charge in [0, 0.05) is 0 Å². The van der Waals surface area contributed by atoms with Gasteiger partial charge < -0.3 is 10.2 Å². The molecule has 2 unspecified atom stereocenters. The van der Waals surface area contributed by atoms with E-state index < -0.39 is 12.1 Å². The van der Waals surface area contributed by atoms with Gasteiger partial charge >= 0.3 is 5.97 Å². The Kier molecular flexibility index (Phi) is 4.86. The van der Waals surface area contributed by atoms with Crippen molar-refractivity contribution in [3.05, 3.63) is 0 Å². The minimum absolute atomic E-state index is 0.0936. The summed E-state index contributed by atoms with van der Waals surface area (Å²) in [7, 11) is 0. The van der Waals surface area contributed by atoms with Gasteiger partial charge in [0.15, 0.2) is 0 Å². The normalized spacial score (nSPS) is 15.9. The van der Waals surface area contributed by atoms with Crippen molar-refractivity contribution in [1.29, 1.82) is 0 Å². The molecule has 3 nitrogen and oxygen atoms in total. The summed E-state index contributed by atoms with van der Waals surface area (Å²) in [5.74, 6) is -0.837. The summed E-state index contributed by atoms with van der Waals surface area (Å²) in [6.07, 6.45) is 1.04. The maximum atomic E-state index is 10.2. The quantitative estimate of drug-likeness (QED) is 0.636. The van der Waals surface area contributed by atoms with Crippen molar-refractivity contribution >= 4 is 5.97 Å². The fraction of sp³-hybridized carbons (Fsp3) is 0.875. The van der Waals surface area contributed by atoms with Crippen LogP contribution in [0.1, 0.15) is 33.1 Å². The Bertz CT molecular complexity index is 123. The molecule has 0 saturated carbocycles. The molecule has 0 aromatic heterocycles. The molecule has 3 heteroatoms. The van der Waals surface area contributed by atoms with Crippen LogP contribution in [0.4, 0.5) is 0 Å². The lowest BCUT2D eigenvalue weighted by Gasteiger charge is -2.15. The molecule has 2 atom stereocenters. The highest BCUT2D eigenvalue weighted by molar-refractivity contribution is 5.67. The molecule has 0 aliphatic carbocycles. The predicted octanol–water partition coefficient (Wildman–Crippen LogP) is 1.26. The molecule has 0 aliphatic rings. The molecule has 0 aliphatic heterocycles. The second-order valence-corrected chi connectivity index (χ2v) is 2.93. The van der Waals surface area contributed by atoms with Crippen LogP contribution in [-0.4, -0.2) is 22.3 Å². The highest BCUT2D eigenvalue weighted by Gasteiger charge is 2.15. The second kappa shape index (κ2) is 5.13. The Hall–Kier alpha value is -0.570. The number of aliphatic hydroxyl groups is 1. The van der Waals surface area contributed by atoms with Crippen LogP contribution < -0.4 is 0 Å². The standard InChI is InChI=1S/C8H16O3/c1-3-4-6(2)7(9)5-8(10)11/h6-7,9H,3-5H2,1-2H3,(H,10,11). The first kappa shape index (κ1) is 10.4. The van der Waals surface area contributed by atoms with E-state index in [4.69, 9.17) is 5.11 Å². The summed E-state index contributed by atoms with van der Waals surface area (Å²) in [6.45, 7) is 3.89. The van der Waals surface area contributed by atoms with Crippen LogP contribution >= 0.6 is 0 Å². The van der Waals surface area contributed by atoms with Crippen LogP contribution in [-0.2, 0) is 4.79 Å². The SMILES string of the molecule is CCCC(C)C(O)CC(=O)O. The summed E-state index contributed by atoms with van der Waals surface area (Å²) in [4.78, 5) is 10.2. The van der Waals surface area contributed by atoms with E-state index in [-0.39, 0.29) is 12.3 Å². The van der Waals surface area contributed by atoms with Crippen molar-refractivity contribution in [1.82, 2.24) is 0 Å². The van der Waals surface area contributed by atoms with E-state index in [1.807, 2.05) is 13.8 Å². The van der Waals surface area contributed by atoms with Gasteiger partial charge in [-0.2, -0.15) is 0 Å². The van der Waals surface area contributed by atoms with E-state index in [2.05, 4.69) is 0 Å². The molecule has 0 spiro atoms. The summed E-state index contributed by atoms with van der Waals surface area (Å²) in [6, 6.07) is 0. The largest absolute Gasteiger partial charge is 0.481 e. The number of rotatable bonds is 5. The molecule has 0 aromatic rings. The maximum absolute atomic E-state index is 10.2. The number of aliphatic hydroxyl groups excluding tert-OH is 1. The fourth-order valence-corrected chi connectivity index (χ4v) is 1.03. The third-order valence-electron chi connectivity index (χ3n) is 1.78. The summed E-state index contributed by atoms with van der Waals surface area (Å²) in [5, 5.41) is 17.6. The van der Waals surface area contributed by atoms with Crippen LogP contribution in [0.25, 0.3) is 0 Å². The van der Waals surface area contributed by atoms with E-state index in [0.717, 1.165) is 12.8 Å². The Morgan fingerprint density at radius 2 is 2.09 bits per heavy atom. The van der Waals surface area contributed by atoms with Gasteiger partial charge in [-0.25, -0.2) is 0 Å². The Labute approximate surface area is 67.0 Å². The number of aliphatic carboxylic acids is 1. The van der Waals surface area contributed by atoms with Gasteiger partial charge in [-0.3, -0.25) is 4.79 Å². The topological polar surface area (TPSA) is 57.5 Å². The van der Waals surface area contributed by atoms with Crippen LogP contribution in [0, 0.1) is 5.92 Å². The van der Waals surface area contributed by atoms with Gasteiger partial charge in [0.2, 0.25) is 0 Å². The van der Waals surface area contributed by atoms with Gasteiger partial charge in [0.25, 0.3) is 0 Å². The molecular formula is C8H16O3. The molecular weight excluding hydrogens is 144 g/mol. The van der Waals surface area contributed by atoms with Crippen molar-refractivity contribution in [2.45, 2.75) is 39.2 Å². The molecule has 11 heavy (non-hydrogen) atoms. The first-order valence-corrected chi connectivity index (χ1v) is 3.97. The van der Waals surface area contributed by atoms with Crippen LogP contribution in [0.3, 0.4) is 0 Å². The molecule has 0 amide bonds. The molecule has 2 N–H and O–H groups in total. The van der Waals surface area contributed by atoms with Crippen molar-refractivity contribution in [2.24, 2.45) is 5.92 Å². The highest BCUT2D eigenvalue weighted by Crippen LogP contribution is 2.12. The Balaban J connectivity index is 3.63. The Morgan fingerprint density at radius 3 is 2.45 bits per heavy atom. The van der Waals surface area contributed by atoms with E-state index >= 15 is 0 Å². The molecule has 0 saturated heterocycles. The van der Waals surface area contributed by atoms with Gasteiger partial charge in [-0.15, -0.1) is 0 Å². The zero-order valence-electron chi connectivity index (χ0n) is 7.08. The second-order valence-electron chi connectivity index (χ2n) is 2.93. The first-order valence-electron chi connectivity index (χ1n) is 3.97. The number of carbonyl (C=O) groups is 1. The summed E-state index contributed by atoms with van der Waals surface area (Å²) >= 11 is 0. The molecule has 0 aromatic carbocycles. The van der Waals surface area contributed by atoms with Crippen LogP contribution in [0.5, 0.6) is 0 Å². The predicted molar refractivity (Wildman–Crippen MR) is 42.3 cm³/mol. The average molecular weight is 160 g/mol. The third kappa shape index (κ3) is 4.79. The third-order valence-corrected chi connectivity index (χ3v) is 1.78. The van der Waals surface area contributed by atoms with E-state index in [9.17, 15) is 9.90 Å². The van der Waals surface area contributed by atoms with Crippen molar-refractivity contribution in [3.8, 4) is 0 Å². The lowest BCUT2D eigenvalue weighted by molar-refractivity contribution is -0.139. The van der Waals surface area contributed by atoms with Gasteiger partial charge in [0.05, 0.1) is 12.5 Å². The van der Waals surface area contributed by atoms with Crippen molar-refractivity contribution in [2.75, 3.05) is 0 Å². The van der Waals surface area contributed by atoms with Crippen LogP contribution in [0.15, 0.2) is 0 Å². The maximum Gasteiger partial charge on any atom is 0.305 e. The minimum Gasteiger partial charge on any atom is -0.481 e. The molecule has 66 valence electrons. The zero-order chi connectivity index (χ0) is 8.85. The van der Waals surface area contributed by atoms with E-state index in [1.54, 1.807) is 0 Å². The monoisotopic (exact) mass is 160 g/mol. The number of carboxylic acid groups (broad SMARTS) is 1. The number of carboxylic acids is 1. The highest BCUT2D eigenvalue weighted by atomic mass is 16.4. The van der Waals surface area contributed by atoms with Crippen LogP contribution in [0.2, 0.25) is 0 Å². The van der Waals surface area contributed by atoms with Crippen molar-refractivity contribution < 1.29 is 15.0 Å². The Morgan fingerprint density at radius 1 is 1.55 bits per heavy atom. The average Bonchev–Trinajstić information content (AvgIpc) is 1.86. The smallest absolute Gasteiger partial charge is 0.305 e. The first-order chi connectivity index (χ1) is 5.07. The summed E-state index contributed by atoms with van der Waals surface area (Å²) in [5.41, 5.74) is 0. The number of hydrogen-bond donors (Lipinski definition) is 2. The van der Waals surface area contributed by atoms with E-state index in [1.165, 1.54) is 0 Å². The molecule has 0 rings (SSSR count). The minimum atomic E-state index is -0.930. The van der Waals surface area contributed by atoms with E-state index in [0.29, 0.717) is 0 Å². The lowest BCUT2D eigenvalue weighted by atomic mass is 9.97. The lowest BCUT2D eigenvalue weighted by Crippen LogP contribution is -2.21. The fourth-order valence-electron chi connectivity index (χ4n) is 1.03. The number of hydrogen-bond acceptors (Lipinski definition) is 2. The molecule has 0 bridgehead atoms. The van der Waals surface area contributed by atoms with Gasteiger partial charge in [-0.05, 0) is 12.3 Å². The van der Waals surface area contributed by atoms with Crippen molar-refractivity contribution in [3.63, 3.8) is 0 Å². The summed E-state index contributed by atoms with van der Waals surface area (Å²) < 4.78 is 0.